The predicted molar refractivity (Wildman–Crippen MR) is 97.2 cm³/mol. The Balaban J connectivity index is 1.67. The molecule has 2 aromatic rings. The predicted octanol–water partition coefficient (Wildman–Crippen LogP) is 3.29. The van der Waals surface area contributed by atoms with E-state index in [-0.39, 0.29) is 11.6 Å². The molecular formula is C18H22F3N5O. The number of nitrogens with one attached hydrogen (secondary N) is 2. The maximum absolute atomic E-state index is 13.1. The van der Waals surface area contributed by atoms with Gasteiger partial charge < -0.3 is 15.4 Å². The van der Waals surface area contributed by atoms with E-state index in [2.05, 4.69) is 25.5 Å². The standard InChI is InChI=1S/C18H22F3N5O/c1-13-12-16(22-6-7-26-8-10-27-11-9-26)25-17(23-13)24-15-5-3-2-4-14(15)18(19,20)21/h2-5,12H,6-11H2,1H3,(H2,22,23,24,25). The molecule has 1 fully saturated rings. The summed E-state index contributed by atoms with van der Waals surface area (Å²) in [6, 6.07) is 7.04. The van der Waals surface area contributed by atoms with Crippen LogP contribution in [0.15, 0.2) is 30.3 Å². The molecule has 27 heavy (non-hydrogen) atoms. The third kappa shape index (κ3) is 5.54. The average Bonchev–Trinajstić information content (AvgIpc) is 2.62. The molecule has 1 aliphatic rings. The van der Waals surface area contributed by atoms with Gasteiger partial charge in [-0.15, -0.1) is 0 Å². The zero-order valence-electron chi connectivity index (χ0n) is 15.0. The first-order valence-electron chi connectivity index (χ1n) is 8.75. The number of ether oxygens (including phenoxy) is 1. The van der Waals surface area contributed by atoms with Gasteiger partial charge in [0.1, 0.15) is 5.82 Å². The fourth-order valence-corrected chi connectivity index (χ4v) is 2.84. The van der Waals surface area contributed by atoms with E-state index in [0.29, 0.717) is 18.1 Å². The molecular weight excluding hydrogens is 359 g/mol. The van der Waals surface area contributed by atoms with Crippen molar-refractivity contribution < 1.29 is 17.9 Å². The number of halogens is 3. The SMILES string of the molecule is Cc1cc(NCCN2CCOCC2)nc(Nc2ccccc2C(F)(F)F)n1. The van der Waals surface area contributed by atoms with Crippen molar-refractivity contribution >= 4 is 17.5 Å². The Morgan fingerprint density at radius 2 is 1.89 bits per heavy atom. The van der Waals surface area contributed by atoms with Crippen molar-refractivity contribution in [2.45, 2.75) is 13.1 Å². The van der Waals surface area contributed by atoms with Gasteiger partial charge in [0.25, 0.3) is 0 Å². The molecule has 0 bridgehead atoms. The molecule has 0 atom stereocenters. The van der Waals surface area contributed by atoms with Gasteiger partial charge in [0.05, 0.1) is 24.5 Å². The molecule has 0 radical (unpaired) electrons. The van der Waals surface area contributed by atoms with Crippen molar-refractivity contribution in [2.24, 2.45) is 0 Å². The minimum atomic E-state index is -4.45. The number of anilines is 3. The summed E-state index contributed by atoms with van der Waals surface area (Å²) in [6.45, 7) is 6.55. The lowest BCUT2D eigenvalue weighted by molar-refractivity contribution is -0.136. The molecule has 1 aromatic carbocycles. The number of nitrogens with zero attached hydrogens (tertiary/aromatic N) is 3. The van der Waals surface area contributed by atoms with E-state index in [0.717, 1.165) is 38.9 Å². The van der Waals surface area contributed by atoms with E-state index in [9.17, 15) is 13.2 Å². The second-order valence-corrected chi connectivity index (χ2v) is 6.27. The highest BCUT2D eigenvalue weighted by Crippen LogP contribution is 2.35. The van der Waals surface area contributed by atoms with Crippen LogP contribution in [0.2, 0.25) is 0 Å². The average molecular weight is 381 g/mol. The third-order valence-electron chi connectivity index (χ3n) is 4.17. The number of para-hydroxylation sites is 1. The summed E-state index contributed by atoms with van der Waals surface area (Å²) in [7, 11) is 0. The summed E-state index contributed by atoms with van der Waals surface area (Å²) in [5.74, 6) is 0.698. The summed E-state index contributed by atoms with van der Waals surface area (Å²) >= 11 is 0. The second-order valence-electron chi connectivity index (χ2n) is 6.27. The minimum absolute atomic E-state index is 0.0742. The van der Waals surface area contributed by atoms with Gasteiger partial charge in [-0.3, -0.25) is 4.90 Å². The van der Waals surface area contributed by atoms with Crippen LogP contribution < -0.4 is 10.6 Å². The van der Waals surface area contributed by atoms with Crippen LogP contribution in [0.25, 0.3) is 0 Å². The van der Waals surface area contributed by atoms with Gasteiger partial charge in [-0.2, -0.15) is 18.2 Å². The number of alkyl halides is 3. The molecule has 2 heterocycles. The number of aromatic nitrogens is 2. The maximum atomic E-state index is 13.1. The summed E-state index contributed by atoms with van der Waals surface area (Å²) in [5, 5.41) is 5.90. The molecule has 1 aromatic heterocycles. The highest BCUT2D eigenvalue weighted by atomic mass is 19.4. The Bertz CT molecular complexity index is 763. The summed E-state index contributed by atoms with van der Waals surface area (Å²) < 4.78 is 44.8. The van der Waals surface area contributed by atoms with Crippen molar-refractivity contribution in [3.63, 3.8) is 0 Å². The Labute approximate surface area is 155 Å². The molecule has 6 nitrogen and oxygen atoms in total. The number of hydrogen-bond donors (Lipinski definition) is 2. The van der Waals surface area contributed by atoms with E-state index in [1.807, 2.05) is 0 Å². The number of hydrogen-bond acceptors (Lipinski definition) is 6. The molecule has 0 saturated carbocycles. The van der Waals surface area contributed by atoms with Crippen molar-refractivity contribution in [1.29, 1.82) is 0 Å². The fourth-order valence-electron chi connectivity index (χ4n) is 2.84. The summed E-state index contributed by atoms with van der Waals surface area (Å²) in [5.41, 5.74) is -0.169. The molecule has 0 unspecified atom stereocenters. The van der Waals surface area contributed by atoms with Crippen LogP contribution in [0.1, 0.15) is 11.3 Å². The molecule has 0 spiro atoms. The Morgan fingerprint density at radius 3 is 2.63 bits per heavy atom. The molecule has 3 rings (SSSR count). The third-order valence-corrected chi connectivity index (χ3v) is 4.17. The highest BCUT2D eigenvalue weighted by molar-refractivity contribution is 5.60. The smallest absolute Gasteiger partial charge is 0.379 e. The van der Waals surface area contributed by atoms with E-state index in [1.54, 1.807) is 13.0 Å². The molecule has 9 heteroatoms. The Kier molecular flexibility index (Phi) is 6.12. The first kappa shape index (κ1) is 19.4. The lowest BCUT2D eigenvalue weighted by atomic mass is 10.1. The zero-order chi connectivity index (χ0) is 19.3. The van der Waals surface area contributed by atoms with Crippen LogP contribution in [0.3, 0.4) is 0 Å². The molecule has 146 valence electrons. The quantitative estimate of drug-likeness (QED) is 0.801. The Hall–Kier alpha value is -2.39. The van der Waals surface area contributed by atoms with E-state index >= 15 is 0 Å². The normalized spacial score (nSPS) is 15.6. The van der Waals surface area contributed by atoms with Crippen LogP contribution in [0.5, 0.6) is 0 Å². The lowest BCUT2D eigenvalue weighted by Crippen LogP contribution is -2.39. The Morgan fingerprint density at radius 1 is 1.15 bits per heavy atom. The van der Waals surface area contributed by atoms with E-state index in [1.165, 1.54) is 18.2 Å². The van der Waals surface area contributed by atoms with Crippen LogP contribution in [-0.2, 0) is 10.9 Å². The summed E-state index contributed by atoms with van der Waals surface area (Å²) in [4.78, 5) is 10.8. The van der Waals surface area contributed by atoms with Crippen LogP contribution in [0.4, 0.5) is 30.6 Å². The van der Waals surface area contributed by atoms with Gasteiger partial charge in [-0.1, -0.05) is 12.1 Å². The highest BCUT2D eigenvalue weighted by Gasteiger charge is 2.33. The number of morpholine rings is 1. The topological polar surface area (TPSA) is 62.3 Å². The van der Waals surface area contributed by atoms with E-state index in [4.69, 9.17) is 4.74 Å². The molecule has 0 aliphatic carbocycles. The van der Waals surface area contributed by atoms with Crippen molar-refractivity contribution in [3.8, 4) is 0 Å². The van der Waals surface area contributed by atoms with Crippen molar-refractivity contribution in [2.75, 3.05) is 50.0 Å². The van der Waals surface area contributed by atoms with Gasteiger partial charge in [0.2, 0.25) is 5.95 Å². The molecule has 2 N–H and O–H groups in total. The first-order valence-corrected chi connectivity index (χ1v) is 8.75. The van der Waals surface area contributed by atoms with Gasteiger partial charge in [0.15, 0.2) is 0 Å². The monoisotopic (exact) mass is 381 g/mol. The van der Waals surface area contributed by atoms with Crippen molar-refractivity contribution in [3.05, 3.63) is 41.6 Å². The molecule has 0 amide bonds. The number of benzene rings is 1. The van der Waals surface area contributed by atoms with Crippen LogP contribution >= 0.6 is 0 Å². The second kappa shape index (κ2) is 8.53. The van der Waals surface area contributed by atoms with Crippen LogP contribution in [0, 0.1) is 6.92 Å². The van der Waals surface area contributed by atoms with E-state index < -0.39 is 11.7 Å². The number of aryl methyl sites for hydroxylation is 1. The lowest BCUT2D eigenvalue weighted by Gasteiger charge is -2.26. The maximum Gasteiger partial charge on any atom is 0.418 e. The summed E-state index contributed by atoms with van der Waals surface area (Å²) in [6.07, 6.45) is -4.45. The van der Waals surface area contributed by atoms with Gasteiger partial charge in [-0.05, 0) is 19.1 Å². The zero-order valence-corrected chi connectivity index (χ0v) is 15.0. The van der Waals surface area contributed by atoms with Crippen molar-refractivity contribution in [1.82, 2.24) is 14.9 Å². The van der Waals surface area contributed by atoms with Gasteiger partial charge in [-0.25, -0.2) is 4.98 Å². The molecule has 1 aliphatic heterocycles. The fraction of sp³-hybridized carbons (Fsp3) is 0.444. The molecule has 1 saturated heterocycles. The largest absolute Gasteiger partial charge is 0.418 e. The van der Waals surface area contributed by atoms with Gasteiger partial charge in [0, 0.05) is 37.9 Å². The van der Waals surface area contributed by atoms with Gasteiger partial charge >= 0.3 is 6.18 Å². The number of rotatable bonds is 6. The van der Waals surface area contributed by atoms with Crippen LogP contribution in [-0.4, -0.2) is 54.3 Å². The first-order chi connectivity index (χ1) is 12.9. The minimum Gasteiger partial charge on any atom is -0.379 e.